The van der Waals surface area contributed by atoms with E-state index in [0.717, 1.165) is 10.5 Å². The normalized spacial score (nSPS) is 10.7. The van der Waals surface area contributed by atoms with E-state index in [2.05, 4.69) is 20.9 Å². The van der Waals surface area contributed by atoms with Crippen molar-refractivity contribution in [2.75, 3.05) is 5.73 Å². The summed E-state index contributed by atoms with van der Waals surface area (Å²) >= 11 is 3.24. The number of anilines is 1. The molecular formula is C18H7BrF5N3. The van der Waals surface area contributed by atoms with Crippen molar-refractivity contribution >= 4 is 21.7 Å². The number of halogens is 6. The average molecular weight is 440 g/mol. The van der Waals surface area contributed by atoms with E-state index in [-0.39, 0.29) is 5.69 Å². The van der Waals surface area contributed by atoms with E-state index in [0.29, 0.717) is 5.56 Å². The Labute approximate surface area is 158 Å². The summed E-state index contributed by atoms with van der Waals surface area (Å²) < 4.78 is 69.7. The lowest BCUT2D eigenvalue weighted by molar-refractivity contribution is 0.381. The van der Waals surface area contributed by atoms with Gasteiger partial charge in [0.15, 0.2) is 23.3 Å². The van der Waals surface area contributed by atoms with E-state index in [4.69, 9.17) is 5.73 Å². The molecule has 0 radical (unpaired) electrons. The zero-order valence-electron chi connectivity index (χ0n) is 13.1. The highest BCUT2D eigenvalue weighted by molar-refractivity contribution is 9.10. The Morgan fingerprint density at radius 1 is 0.889 bits per heavy atom. The topological polar surface area (TPSA) is 62.7 Å². The van der Waals surface area contributed by atoms with Gasteiger partial charge >= 0.3 is 0 Å². The van der Waals surface area contributed by atoms with Crippen LogP contribution in [-0.4, -0.2) is 4.98 Å². The lowest BCUT2D eigenvalue weighted by Crippen LogP contribution is -2.07. The second kappa shape index (κ2) is 6.96. The molecule has 0 atom stereocenters. The minimum absolute atomic E-state index is 0.0953. The fourth-order valence-electron chi connectivity index (χ4n) is 2.49. The molecule has 0 bridgehead atoms. The molecule has 27 heavy (non-hydrogen) atoms. The van der Waals surface area contributed by atoms with Crippen molar-refractivity contribution in [2.45, 2.75) is 0 Å². The summed E-state index contributed by atoms with van der Waals surface area (Å²) in [5.41, 5.74) is 3.96. The number of pyridine rings is 1. The molecule has 0 unspecified atom stereocenters. The Balaban J connectivity index is 2.37. The maximum atomic E-state index is 14.2. The second-order valence-electron chi connectivity index (χ2n) is 5.38. The smallest absolute Gasteiger partial charge is 0.200 e. The van der Waals surface area contributed by atoms with Crippen molar-refractivity contribution in [2.24, 2.45) is 0 Å². The minimum Gasteiger partial charge on any atom is -0.383 e. The molecule has 3 rings (SSSR count). The van der Waals surface area contributed by atoms with Crippen LogP contribution in [0, 0.1) is 40.4 Å². The highest BCUT2D eigenvalue weighted by Gasteiger charge is 2.29. The molecule has 3 aromatic rings. The lowest BCUT2D eigenvalue weighted by atomic mass is 9.97. The van der Waals surface area contributed by atoms with Gasteiger partial charge in [0, 0.05) is 15.6 Å². The predicted molar refractivity (Wildman–Crippen MR) is 91.7 cm³/mol. The van der Waals surface area contributed by atoms with Gasteiger partial charge in [0.2, 0.25) is 5.82 Å². The number of rotatable bonds is 2. The molecule has 0 aliphatic rings. The lowest BCUT2D eigenvalue weighted by Gasteiger charge is -2.13. The van der Waals surface area contributed by atoms with Crippen molar-refractivity contribution < 1.29 is 22.0 Å². The van der Waals surface area contributed by atoms with Gasteiger partial charge in [-0.05, 0) is 18.2 Å². The predicted octanol–water partition coefficient (Wildman–Crippen LogP) is 5.33. The summed E-state index contributed by atoms with van der Waals surface area (Å²) in [5.74, 6) is -11.0. The van der Waals surface area contributed by atoms with Crippen molar-refractivity contribution in [1.82, 2.24) is 4.98 Å². The van der Waals surface area contributed by atoms with Gasteiger partial charge in [-0.2, -0.15) is 5.26 Å². The highest BCUT2D eigenvalue weighted by Crippen LogP contribution is 2.37. The number of aromatic nitrogens is 1. The molecule has 0 amide bonds. The average Bonchev–Trinajstić information content (AvgIpc) is 2.65. The van der Waals surface area contributed by atoms with E-state index < -0.39 is 51.6 Å². The molecule has 0 spiro atoms. The molecule has 3 nitrogen and oxygen atoms in total. The highest BCUT2D eigenvalue weighted by atomic mass is 79.9. The quantitative estimate of drug-likeness (QED) is 0.333. The first-order valence-corrected chi connectivity index (χ1v) is 8.04. The maximum Gasteiger partial charge on any atom is 0.200 e. The van der Waals surface area contributed by atoms with Crippen LogP contribution >= 0.6 is 15.9 Å². The van der Waals surface area contributed by atoms with Crippen LogP contribution in [0.15, 0.2) is 34.8 Å². The van der Waals surface area contributed by atoms with Gasteiger partial charge in [0.05, 0.1) is 11.3 Å². The van der Waals surface area contributed by atoms with E-state index in [1.165, 1.54) is 0 Å². The van der Waals surface area contributed by atoms with Crippen molar-refractivity contribution in [3.63, 3.8) is 0 Å². The number of benzene rings is 2. The van der Waals surface area contributed by atoms with Gasteiger partial charge < -0.3 is 5.73 Å². The third-order valence-corrected chi connectivity index (χ3v) is 4.31. The standard InChI is InChI=1S/C18H7BrF5N3/c19-8-3-1-7(2-4-8)11-5-9(10(6-25)18(26)27-11)12-13(20)15(22)17(24)16(23)14(12)21/h1-5H,(H2,26,27). The molecule has 2 N–H and O–H groups in total. The van der Waals surface area contributed by atoms with Crippen LogP contribution in [0.5, 0.6) is 0 Å². The SMILES string of the molecule is N#Cc1c(-c2c(F)c(F)c(F)c(F)c2F)cc(-c2ccc(Br)cc2)nc1N. The van der Waals surface area contributed by atoms with Crippen molar-refractivity contribution in [1.29, 1.82) is 5.26 Å². The number of nitrogens with zero attached hydrogens (tertiary/aromatic N) is 2. The zero-order valence-corrected chi connectivity index (χ0v) is 14.7. The van der Waals surface area contributed by atoms with Crippen molar-refractivity contribution in [3.8, 4) is 28.5 Å². The van der Waals surface area contributed by atoms with Gasteiger partial charge in [-0.25, -0.2) is 26.9 Å². The summed E-state index contributed by atoms with van der Waals surface area (Å²) in [6.45, 7) is 0. The first kappa shape index (κ1) is 18.8. The molecule has 0 aliphatic heterocycles. The number of nitriles is 1. The van der Waals surface area contributed by atoms with Crippen molar-refractivity contribution in [3.05, 3.63) is 69.5 Å². The minimum atomic E-state index is -2.29. The number of hydrogen-bond donors (Lipinski definition) is 1. The Morgan fingerprint density at radius 2 is 1.41 bits per heavy atom. The van der Waals surface area contributed by atoms with E-state index in [1.54, 1.807) is 30.3 Å². The van der Waals surface area contributed by atoms with E-state index in [9.17, 15) is 27.2 Å². The van der Waals surface area contributed by atoms with Gasteiger partial charge in [-0.3, -0.25) is 0 Å². The monoisotopic (exact) mass is 439 g/mol. The van der Waals surface area contributed by atoms with Gasteiger partial charge in [0.1, 0.15) is 17.5 Å². The van der Waals surface area contributed by atoms with Gasteiger partial charge in [-0.1, -0.05) is 28.1 Å². The van der Waals surface area contributed by atoms with Crippen LogP contribution in [0.4, 0.5) is 27.8 Å². The fraction of sp³-hybridized carbons (Fsp3) is 0. The Bertz CT molecular complexity index is 1080. The van der Waals surface area contributed by atoms with E-state index in [1.807, 2.05) is 0 Å². The summed E-state index contributed by atoms with van der Waals surface area (Å²) in [6.07, 6.45) is 0. The summed E-state index contributed by atoms with van der Waals surface area (Å²) in [6, 6.07) is 9.15. The Kier molecular flexibility index (Phi) is 4.85. The molecule has 1 heterocycles. The Hall–Kier alpha value is -2.99. The Morgan fingerprint density at radius 3 is 1.93 bits per heavy atom. The van der Waals surface area contributed by atoms with Crippen LogP contribution in [0.25, 0.3) is 22.4 Å². The first-order chi connectivity index (χ1) is 12.8. The maximum absolute atomic E-state index is 14.2. The fourth-order valence-corrected chi connectivity index (χ4v) is 2.75. The van der Waals surface area contributed by atoms with Crippen LogP contribution in [0.2, 0.25) is 0 Å². The molecule has 0 aliphatic carbocycles. The largest absolute Gasteiger partial charge is 0.383 e. The van der Waals surface area contributed by atoms with E-state index >= 15 is 0 Å². The number of nitrogen functional groups attached to an aromatic ring is 1. The molecule has 0 saturated heterocycles. The number of hydrogen-bond acceptors (Lipinski definition) is 3. The molecule has 2 aromatic carbocycles. The second-order valence-corrected chi connectivity index (χ2v) is 6.29. The first-order valence-electron chi connectivity index (χ1n) is 7.24. The third kappa shape index (κ3) is 3.13. The summed E-state index contributed by atoms with van der Waals surface area (Å²) in [7, 11) is 0. The van der Waals surface area contributed by atoms with Crippen LogP contribution in [0.1, 0.15) is 5.56 Å². The molecule has 0 saturated carbocycles. The molecular weight excluding hydrogens is 433 g/mol. The summed E-state index contributed by atoms with van der Waals surface area (Å²) in [5, 5.41) is 9.25. The summed E-state index contributed by atoms with van der Waals surface area (Å²) in [4.78, 5) is 3.99. The molecule has 136 valence electrons. The zero-order chi connectivity index (χ0) is 19.9. The molecule has 1 aromatic heterocycles. The van der Waals surface area contributed by atoms with Gasteiger partial charge in [-0.15, -0.1) is 0 Å². The van der Waals surface area contributed by atoms with Crippen LogP contribution in [0.3, 0.4) is 0 Å². The number of nitrogens with two attached hydrogens (primary N) is 1. The third-order valence-electron chi connectivity index (χ3n) is 3.78. The van der Waals surface area contributed by atoms with Crippen LogP contribution < -0.4 is 5.73 Å². The van der Waals surface area contributed by atoms with Gasteiger partial charge in [0.25, 0.3) is 0 Å². The molecule has 9 heteroatoms. The van der Waals surface area contributed by atoms with Crippen LogP contribution in [-0.2, 0) is 0 Å². The molecule has 0 fully saturated rings.